The summed E-state index contributed by atoms with van der Waals surface area (Å²) in [5.74, 6) is -2.33. The Morgan fingerprint density at radius 3 is 1.82 bits per heavy atom. The van der Waals surface area contributed by atoms with E-state index in [4.69, 9.17) is 47.0 Å². The fraction of sp³-hybridized carbons (Fsp3) is 0.213. The zero-order valence-corrected chi connectivity index (χ0v) is 35.0. The zero-order chi connectivity index (χ0) is 68.3. The fourth-order valence-electron chi connectivity index (χ4n) is 8.12. The molecule has 0 aliphatic heterocycles. The molecular weight excluding hydrogens is 791 g/mol. The van der Waals surface area contributed by atoms with Crippen molar-refractivity contribution in [1.29, 1.82) is 0 Å². The second-order valence-electron chi connectivity index (χ2n) is 16.2. The molecule has 0 fully saturated rings. The number of hydrogen-bond acceptors (Lipinski definition) is 3. The van der Waals surface area contributed by atoms with Crippen molar-refractivity contribution in [1.82, 2.24) is 14.5 Å². The molecule has 0 spiro atoms. The number of hydrogen-bond donors (Lipinski definition) is 1. The lowest BCUT2D eigenvalue weighted by Gasteiger charge is -2.28. The fourth-order valence-corrected chi connectivity index (χ4v) is 8.12. The highest BCUT2D eigenvalue weighted by molar-refractivity contribution is 5.98. The Morgan fingerprint density at radius 2 is 1.11 bits per heavy atom. The monoisotopic (exact) mass is 877 g/mol. The lowest BCUT2D eigenvalue weighted by atomic mass is 9.79. The van der Waals surface area contributed by atoms with Gasteiger partial charge in [-0.3, -0.25) is 9.55 Å². The lowest BCUT2D eigenvalue weighted by Crippen LogP contribution is -2.17. The van der Waals surface area contributed by atoms with Crippen molar-refractivity contribution in [2.24, 2.45) is 0 Å². The molecule has 324 valence electrons. The molecule has 9 aromatic rings. The Balaban J connectivity index is 1.55. The number of pyridine rings is 1. The van der Waals surface area contributed by atoms with Crippen LogP contribution in [0.2, 0.25) is 0 Å². The van der Waals surface area contributed by atoms with Gasteiger partial charge < -0.3 is 5.11 Å². The lowest BCUT2D eigenvalue weighted by molar-refractivity contribution is 0.446. The maximum Gasteiger partial charge on any atom is 0.149 e. The van der Waals surface area contributed by atoms with Crippen molar-refractivity contribution >= 4 is 11.0 Å². The van der Waals surface area contributed by atoms with E-state index in [1.807, 2.05) is 79.7 Å². The van der Waals surface area contributed by atoms with Gasteiger partial charge >= 0.3 is 0 Å². The van der Waals surface area contributed by atoms with E-state index in [2.05, 4.69) is 0 Å². The van der Waals surface area contributed by atoms with Crippen molar-refractivity contribution in [3.63, 3.8) is 0 Å². The van der Waals surface area contributed by atoms with Gasteiger partial charge in [-0.15, -0.1) is 0 Å². The van der Waals surface area contributed by atoms with E-state index in [0.29, 0.717) is 28.5 Å². The Hall–Kier alpha value is -7.04. The number of benzene rings is 7. The Bertz CT molecular complexity index is 4110. The highest BCUT2D eigenvalue weighted by atomic mass is 16.3. The van der Waals surface area contributed by atoms with Crippen LogP contribution < -0.4 is 0 Å². The highest BCUT2D eigenvalue weighted by Crippen LogP contribution is 2.46. The van der Waals surface area contributed by atoms with Crippen molar-refractivity contribution in [3.05, 3.63) is 192 Å². The van der Waals surface area contributed by atoms with E-state index in [9.17, 15) is 5.11 Å². The number of fused-ring (bicyclic) bond motifs is 1. The van der Waals surface area contributed by atoms with Crippen LogP contribution in [0.3, 0.4) is 0 Å². The van der Waals surface area contributed by atoms with Crippen LogP contribution in [-0.2, 0) is 16.2 Å². The van der Waals surface area contributed by atoms with Crippen molar-refractivity contribution in [2.75, 3.05) is 0 Å². The summed E-state index contributed by atoms with van der Waals surface area (Å²) in [5, 5.41) is 13.2. The van der Waals surface area contributed by atoms with Crippen molar-refractivity contribution < 1.29 is 42.1 Å². The molecule has 65 heavy (non-hydrogen) atoms. The van der Waals surface area contributed by atoms with Gasteiger partial charge in [0.25, 0.3) is 0 Å². The van der Waals surface area contributed by atoms with Gasteiger partial charge in [0.2, 0.25) is 0 Å². The van der Waals surface area contributed by atoms with E-state index in [1.54, 1.807) is 30.5 Å². The Kier molecular flexibility index (Phi) is 5.53. The van der Waals surface area contributed by atoms with E-state index in [1.165, 1.54) is 36.4 Å². The SMILES string of the molecule is [2H]C([2H])([2H])C(c1ccc(-n2c(-c3cc(C(C([2H])([2H])[2H])(C([2H])([2H])[2H])C([2H])([2H])[2H])cc(C(C([2H])([2H])[2H])(C([2H])([2H])[2H])C([2H])([2H])[2H])c3O)nc3c(-c4cc(-c5ccccc5)cc(-c5cc(-c6ccc(C)cc6)ccn5)c4)cccc32)c(-c2ccccc2)c1)(C([2H])([2H])[2H])C([2H])([2H])[2H]. The van der Waals surface area contributed by atoms with E-state index in [0.717, 1.165) is 45.0 Å². The van der Waals surface area contributed by atoms with E-state index in [-0.39, 0.29) is 39.5 Å². The van der Waals surface area contributed by atoms with Crippen LogP contribution in [0, 0.1) is 6.92 Å². The first-order chi connectivity index (χ1) is 42.2. The molecule has 0 atom stereocenters. The molecule has 4 heteroatoms. The van der Waals surface area contributed by atoms with Crippen molar-refractivity contribution in [3.8, 4) is 78.6 Å². The molecule has 7 aromatic carbocycles. The number of aryl methyl sites for hydroxylation is 1. The smallest absolute Gasteiger partial charge is 0.149 e. The standard InChI is InChI=1S/C61H59N3O/c1-39-24-26-41(27-25-39)43-30-31-62-53(35-43)46-33-44(40-18-13-11-14-19-40)32-45(34-46)49-22-17-23-55-56(49)63-58(51-37-48(60(5,6)7)38-52(57(51)65)61(8,9)10)64(55)54-29-28-47(59(2,3)4)36-50(54)42-20-15-12-16-21-42/h11-38,65H,1-10H3/i2D3,3D3,4D3,5D3,6D3,7D3,8D3,9D3,10D3. The van der Waals surface area contributed by atoms with Crippen LogP contribution in [0.15, 0.2) is 170 Å². The number of imidazole rings is 1. The van der Waals surface area contributed by atoms with Crippen LogP contribution >= 0.6 is 0 Å². The minimum Gasteiger partial charge on any atom is -0.507 e. The molecule has 0 unspecified atom stereocenters. The predicted molar refractivity (Wildman–Crippen MR) is 274 cm³/mol. The zero-order valence-electron chi connectivity index (χ0n) is 62.0. The summed E-state index contributed by atoms with van der Waals surface area (Å²) in [6.45, 7) is -35.0. The van der Waals surface area contributed by atoms with Gasteiger partial charge in [0.05, 0.1) is 28.0 Å². The molecule has 9 rings (SSSR count). The number of phenolic OH excluding ortho intramolecular Hbond substituents is 1. The average molecular weight is 877 g/mol. The first-order valence-electron chi connectivity index (χ1n) is 34.0. The highest BCUT2D eigenvalue weighted by Gasteiger charge is 2.30. The first kappa shape index (κ1) is 21.8. The minimum absolute atomic E-state index is 0.0591. The number of rotatable bonds is 7. The third kappa shape index (κ3) is 8.54. The predicted octanol–water partition coefficient (Wildman–Crippen LogP) is 16.3. The van der Waals surface area contributed by atoms with Gasteiger partial charge in [0.1, 0.15) is 11.6 Å². The summed E-state index contributed by atoms with van der Waals surface area (Å²) >= 11 is 0. The molecule has 0 saturated heterocycles. The van der Waals surface area contributed by atoms with Crippen LogP contribution in [0.4, 0.5) is 0 Å². The molecule has 0 saturated carbocycles. The van der Waals surface area contributed by atoms with Gasteiger partial charge in [0.15, 0.2) is 0 Å². The van der Waals surface area contributed by atoms with Gasteiger partial charge in [-0.2, -0.15) is 0 Å². The number of para-hydroxylation sites is 1. The number of aromatic nitrogens is 3. The van der Waals surface area contributed by atoms with Gasteiger partial charge in [0, 0.05) is 65.5 Å². The Morgan fingerprint density at radius 1 is 0.477 bits per heavy atom. The van der Waals surface area contributed by atoms with Gasteiger partial charge in [-0.05, 0) is 122 Å². The van der Waals surface area contributed by atoms with E-state index >= 15 is 0 Å². The van der Waals surface area contributed by atoms with Gasteiger partial charge in [-0.1, -0.05) is 176 Å². The molecule has 1 N–H and O–H groups in total. The Labute approximate surface area is 423 Å². The third-order valence-electron chi connectivity index (χ3n) is 11.4. The topological polar surface area (TPSA) is 50.9 Å². The first-order valence-corrected chi connectivity index (χ1v) is 20.5. The second-order valence-corrected chi connectivity index (χ2v) is 16.2. The normalized spacial score (nSPS) is 20.1. The average Bonchev–Trinajstić information content (AvgIpc) is 0.805. The quantitative estimate of drug-likeness (QED) is 0.174. The number of nitrogens with zero attached hydrogens (tertiary/aromatic N) is 3. The van der Waals surface area contributed by atoms with Crippen LogP contribution in [-0.4, -0.2) is 19.6 Å². The van der Waals surface area contributed by atoms with Crippen LogP contribution in [0.5, 0.6) is 5.75 Å². The second kappa shape index (κ2) is 16.5. The molecule has 0 amide bonds. The van der Waals surface area contributed by atoms with Crippen LogP contribution in [0.1, 0.15) is 121 Å². The summed E-state index contributed by atoms with van der Waals surface area (Å²) in [4.78, 5) is 9.84. The van der Waals surface area contributed by atoms with E-state index < -0.39 is 112 Å². The molecule has 4 nitrogen and oxygen atoms in total. The number of aromatic hydroxyl groups is 1. The summed E-state index contributed by atoms with van der Waals surface area (Å²) in [6.07, 6.45) is 1.63. The number of phenols is 1. The largest absolute Gasteiger partial charge is 0.507 e. The summed E-state index contributed by atoms with van der Waals surface area (Å²) < 4.78 is 238. The van der Waals surface area contributed by atoms with Crippen molar-refractivity contribution in [2.45, 2.75) is 84.8 Å². The summed E-state index contributed by atoms with van der Waals surface area (Å²) in [6, 6.07) is 42.0. The summed E-state index contributed by atoms with van der Waals surface area (Å²) in [7, 11) is 0. The van der Waals surface area contributed by atoms with Gasteiger partial charge in [-0.25, -0.2) is 4.98 Å². The molecular formula is C61H59N3O. The maximum absolute atomic E-state index is 13.2. The molecule has 0 aliphatic rings. The van der Waals surface area contributed by atoms with Crippen LogP contribution in [0.25, 0.3) is 83.9 Å². The molecule has 2 heterocycles. The summed E-state index contributed by atoms with van der Waals surface area (Å²) in [5.41, 5.74) is -11.8. The minimum atomic E-state index is -4.33. The maximum atomic E-state index is 13.2. The third-order valence-corrected chi connectivity index (χ3v) is 11.4. The molecule has 0 radical (unpaired) electrons. The molecule has 0 aliphatic carbocycles. The molecule has 2 aromatic heterocycles. The molecule has 0 bridgehead atoms.